The highest BCUT2D eigenvalue weighted by molar-refractivity contribution is 4.93. The van der Waals surface area contributed by atoms with E-state index in [9.17, 15) is 0 Å². The molecule has 0 heterocycles. The number of hydrogen-bond donors (Lipinski definition) is 0. The van der Waals surface area contributed by atoms with Crippen molar-refractivity contribution < 1.29 is 9.78 Å². The first kappa shape index (κ1) is 26.2. The lowest BCUT2D eigenvalue weighted by atomic mass is 9.69. The van der Waals surface area contributed by atoms with Crippen LogP contribution in [-0.2, 0) is 9.78 Å². The van der Waals surface area contributed by atoms with Crippen molar-refractivity contribution in [3.05, 3.63) is 0 Å². The van der Waals surface area contributed by atoms with E-state index in [0.717, 1.165) is 12.8 Å². The van der Waals surface area contributed by atoms with E-state index in [4.69, 9.17) is 9.78 Å². The van der Waals surface area contributed by atoms with E-state index in [1.807, 2.05) is 0 Å². The Morgan fingerprint density at radius 1 is 0.533 bits per heavy atom. The molecule has 0 radical (unpaired) electrons. The maximum Gasteiger partial charge on any atom is 0.104 e. The van der Waals surface area contributed by atoms with Crippen LogP contribution in [0.5, 0.6) is 0 Å². The summed E-state index contributed by atoms with van der Waals surface area (Å²) < 4.78 is 0. The van der Waals surface area contributed by atoms with Gasteiger partial charge in [-0.25, -0.2) is 9.78 Å². The van der Waals surface area contributed by atoms with E-state index in [-0.39, 0.29) is 22.0 Å². The standard InChI is InChI=1S/C28H54O2/c1-9-25(3,4)21-27(7,23-17-13-11-14-18-23)29-30-28(8,22-26(5,6)10-2)24-19-15-12-16-20-24/h23-24H,9-22H2,1-8H3. The Bertz CT molecular complexity index is 453. The molecule has 2 atom stereocenters. The summed E-state index contributed by atoms with van der Waals surface area (Å²) in [6.07, 6.45) is 17.8. The second-order valence-electron chi connectivity index (χ2n) is 12.9. The third-order valence-corrected chi connectivity index (χ3v) is 8.93. The van der Waals surface area contributed by atoms with E-state index < -0.39 is 0 Å². The van der Waals surface area contributed by atoms with E-state index in [1.165, 1.54) is 77.0 Å². The van der Waals surface area contributed by atoms with Gasteiger partial charge in [-0.3, -0.25) is 0 Å². The number of rotatable bonds is 11. The lowest BCUT2D eigenvalue weighted by Gasteiger charge is -2.48. The molecule has 178 valence electrons. The van der Waals surface area contributed by atoms with Crippen LogP contribution < -0.4 is 0 Å². The molecule has 0 N–H and O–H groups in total. The van der Waals surface area contributed by atoms with Gasteiger partial charge < -0.3 is 0 Å². The predicted molar refractivity (Wildman–Crippen MR) is 130 cm³/mol. The molecule has 0 aromatic carbocycles. The Kier molecular flexibility index (Phi) is 9.33. The molecule has 0 aliphatic heterocycles. The summed E-state index contributed by atoms with van der Waals surface area (Å²) in [5.41, 5.74) is 0.178. The molecule has 2 rings (SSSR count). The fourth-order valence-electron chi connectivity index (χ4n) is 6.25. The second kappa shape index (κ2) is 10.7. The van der Waals surface area contributed by atoms with Crippen LogP contribution in [0.4, 0.5) is 0 Å². The maximum atomic E-state index is 6.72. The third kappa shape index (κ3) is 7.22. The minimum atomic E-state index is -0.188. The van der Waals surface area contributed by atoms with Crippen LogP contribution in [0, 0.1) is 22.7 Å². The monoisotopic (exact) mass is 422 g/mol. The average Bonchev–Trinajstić information content (AvgIpc) is 2.73. The molecule has 2 saturated carbocycles. The summed E-state index contributed by atoms with van der Waals surface area (Å²) in [5.74, 6) is 1.23. The van der Waals surface area contributed by atoms with Gasteiger partial charge in [-0.15, -0.1) is 0 Å². The third-order valence-electron chi connectivity index (χ3n) is 8.93. The molecule has 0 saturated heterocycles. The van der Waals surface area contributed by atoms with Gasteiger partial charge in [-0.1, -0.05) is 92.9 Å². The van der Waals surface area contributed by atoms with Crippen molar-refractivity contribution in [2.75, 3.05) is 0 Å². The minimum Gasteiger partial charge on any atom is -0.229 e. The Hall–Kier alpha value is -0.0800. The zero-order valence-electron chi connectivity index (χ0n) is 21.9. The highest BCUT2D eigenvalue weighted by Crippen LogP contribution is 2.47. The van der Waals surface area contributed by atoms with E-state index in [0.29, 0.717) is 11.8 Å². The van der Waals surface area contributed by atoms with Crippen LogP contribution in [0.2, 0.25) is 0 Å². The zero-order chi connectivity index (χ0) is 22.5. The molecule has 2 unspecified atom stereocenters. The Morgan fingerprint density at radius 3 is 1.10 bits per heavy atom. The highest BCUT2D eigenvalue weighted by atomic mass is 17.2. The second-order valence-corrected chi connectivity index (χ2v) is 12.9. The van der Waals surface area contributed by atoms with Crippen molar-refractivity contribution in [1.29, 1.82) is 0 Å². The van der Waals surface area contributed by atoms with Crippen molar-refractivity contribution in [3.8, 4) is 0 Å². The van der Waals surface area contributed by atoms with Gasteiger partial charge in [0.05, 0.1) is 0 Å². The Balaban J connectivity index is 2.23. The topological polar surface area (TPSA) is 18.5 Å². The summed E-state index contributed by atoms with van der Waals surface area (Å²) >= 11 is 0. The van der Waals surface area contributed by atoms with E-state index in [2.05, 4.69) is 55.4 Å². The molecular weight excluding hydrogens is 368 g/mol. The summed E-state index contributed by atoms with van der Waals surface area (Å²) in [6, 6.07) is 0. The SMILES string of the molecule is CCC(C)(C)CC(C)(OOC(C)(CC(C)(C)CC)C1CCCCC1)C1CCCCC1. The van der Waals surface area contributed by atoms with Crippen molar-refractivity contribution >= 4 is 0 Å². The largest absolute Gasteiger partial charge is 0.229 e. The van der Waals surface area contributed by atoms with Crippen LogP contribution in [-0.4, -0.2) is 11.2 Å². The van der Waals surface area contributed by atoms with Gasteiger partial charge in [-0.2, -0.15) is 0 Å². The molecule has 2 aliphatic carbocycles. The smallest absolute Gasteiger partial charge is 0.104 e. The van der Waals surface area contributed by atoms with Gasteiger partial charge in [0.1, 0.15) is 11.2 Å². The molecule has 0 aromatic rings. The van der Waals surface area contributed by atoms with Gasteiger partial charge in [0, 0.05) is 0 Å². The summed E-state index contributed by atoms with van der Waals surface area (Å²) in [7, 11) is 0. The molecule has 0 bridgehead atoms. The maximum absolute atomic E-state index is 6.72. The molecule has 0 amide bonds. The predicted octanol–water partition coefficient (Wildman–Crippen LogP) is 9.27. The molecule has 2 aliphatic rings. The quantitative estimate of drug-likeness (QED) is 0.244. The lowest BCUT2D eigenvalue weighted by molar-refractivity contribution is -0.434. The van der Waals surface area contributed by atoms with Crippen LogP contribution >= 0.6 is 0 Å². The van der Waals surface area contributed by atoms with E-state index in [1.54, 1.807) is 0 Å². The molecule has 0 spiro atoms. The molecule has 30 heavy (non-hydrogen) atoms. The first-order valence-corrected chi connectivity index (χ1v) is 13.3. The fourth-order valence-corrected chi connectivity index (χ4v) is 6.25. The lowest BCUT2D eigenvalue weighted by Crippen LogP contribution is -2.48. The average molecular weight is 423 g/mol. The van der Waals surface area contributed by atoms with Crippen LogP contribution in [0.3, 0.4) is 0 Å². The molecule has 2 fully saturated rings. The summed E-state index contributed by atoms with van der Waals surface area (Å²) in [5, 5.41) is 0. The molecular formula is C28H54O2. The normalized spacial score (nSPS) is 24.4. The van der Waals surface area contributed by atoms with Gasteiger partial charge in [0.15, 0.2) is 0 Å². The van der Waals surface area contributed by atoms with Gasteiger partial charge in [0.25, 0.3) is 0 Å². The van der Waals surface area contributed by atoms with E-state index >= 15 is 0 Å². The van der Waals surface area contributed by atoms with Crippen molar-refractivity contribution in [2.24, 2.45) is 22.7 Å². The van der Waals surface area contributed by atoms with Gasteiger partial charge >= 0.3 is 0 Å². The fraction of sp³-hybridized carbons (Fsp3) is 1.00. The molecule has 2 nitrogen and oxygen atoms in total. The molecule has 0 aromatic heterocycles. The summed E-state index contributed by atoms with van der Waals surface area (Å²) in [4.78, 5) is 13.4. The number of hydrogen-bond acceptors (Lipinski definition) is 2. The van der Waals surface area contributed by atoms with Gasteiger partial charge in [-0.05, 0) is 75.0 Å². The van der Waals surface area contributed by atoms with Crippen molar-refractivity contribution in [3.63, 3.8) is 0 Å². The highest BCUT2D eigenvalue weighted by Gasteiger charge is 2.46. The van der Waals surface area contributed by atoms with Crippen molar-refractivity contribution in [1.82, 2.24) is 0 Å². The first-order valence-electron chi connectivity index (χ1n) is 13.3. The minimum absolute atomic E-state index is 0.188. The Labute approximate surface area is 189 Å². The summed E-state index contributed by atoms with van der Waals surface area (Å²) in [6.45, 7) is 19.0. The van der Waals surface area contributed by atoms with Gasteiger partial charge in [0.2, 0.25) is 0 Å². The first-order chi connectivity index (χ1) is 14.0. The molecule has 2 heteroatoms. The van der Waals surface area contributed by atoms with Crippen LogP contribution in [0.1, 0.15) is 145 Å². The van der Waals surface area contributed by atoms with Crippen molar-refractivity contribution in [2.45, 2.75) is 156 Å². The van der Waals surface area contributed by atoms with Crippen LogP contribution in [0.25, 0.3) is 0 Å². The Morgan fingerprint density at radius 2 is 0.833 bits per heavy atom. The zero-order valence-corrected chi connectivity index (χ0v) is 21.9. The van der Waals surface area contributed by atoms with Crippen LogP contribution in [0.15, 0.2) is 0 Å².